The van der Waals surface area contributed by atoms with Crippen molar-refractivity contribution < 1.29 is 23.8 Å². The maximum atomic E-state index is 13.7. The third-order valence-corrected chi connectivity index (χ3v) is 7.49. The van der Waals surface area contributed by atoms with Crippen LogP contribution in [0.25, 0.3) is 21.1 Å². The maximum Gasteiger partial charge on any atom is 0.331 e. The van der Waals surface area contributed by atoms with E-state index in [1.54, 1.807) is 12.1 Å². The van der Waals surface area contributed by atoms with Crippen molar-refractivity contribution in [2.75, 3.05) is 13.7 Å². The molecule has 4 rings (SSSR count). The van der Waals surface area contributed by atoms with Crippen molar-refractivity contribution in [1.82, 2.24) is 15.5 Å². The van der Waals surface area contributed by atoms with Crippen LogP contribution in [0.15, 0.2) is 36.4 Å². The number of rotatable bonds is 8. The Balaban J connectivity index is 1.75. The van der Waals surface area contributed by atoms with Gasteiger partial charge in [-0.3, -0.25) is 10.1 Å². The minimum Gasteiger partial charge on any atom is -0.490 e. The second-order valence-corrected chi connectivity index (χ2v) is 11.9. The van der Waals surface area contributed by atoms with Gasteiger partial charge in [0, 0.05) is 11.1 Å². The summed E-state index contributed by atoms with van der Waals surface area (Å²) in [5.41, 5.74) is 1.86. The second-order valence-electron chi connectivity index (χ2n) is 10.9. The number of nitrogens with one attached hydrogen (secondary N) is 1. The zero-order valence-electron chi connectivity index (χ0n) is 23.7. The molecule has 40 heavy (non-hydrogen) atoms. The molecule has 0 bridgehead atoms. The molecule has 0 unspecified atom stereocenters. The minimum atomic E-state index is -1.22. The van der Waals surface area contributed by atoms with Crippen molar-refractivity contribution in [1.29, 1.82) is 5.26 Å². The first kappa shape index (κ1) is 29.2. The SMILES string of the molecule is COC(=O)CN[C@]1(C(=O)OC(C)(C)C)CCCc2c(-c3nnc(-c4ccc(OC(C)C)c(C#N)c4)s3)cccc21. The normalized spacial score (nSPS) is 16.6. The smallest absolute Gasteiger partial charge is 0.331 e. The van der Waals surface area contributed by atoms with Crippen molar-refractivity contribution in [2.24, 2.45) is 0 Å². The average molecular weight is 563 g/mol. The number of fused-ring (bicyclic) bond motifs is 1. The molecule has 0 aliphatic heterocycles. The third-order valence-electron chi connectivity index (χ3n) is 6.49. The van der Waals surface area contributed by atoms with Gasteiger partial charge in [-0.15, -0.1) is 10.2 Å². The zero-order chi connectivity index (χ0) is 29.1. The largest absolute Gasteiger partial charge is 0.490 e. The Hall–Kier alpha value is -3.81. The van der Waals surface area contributed by atoms with Gasteiger partial charge in [0.1, 0.15) is 33.0 Å². The van der Waals surface area contributed by atoms with Gasteiger partial charge in [-0.05, 0) is 83.2 Å². The molecule has 1 aliphatic rings. The molecule has 9 nitrogen and oxygen atoms in total. The fraction of sp³-hybridized carbons (Fsp3) is 0.433. The highest BCUT2D eigenvalue weighted by Crippen LogP contribution is 2.43. The number of nitriles is 1. The van der Waals surface area contributed by atoms with E-state index in [9.17, 15) is 14.9 Å². The summed E-state index contributed by atoms with van der Waals surface area (Å²) in [7, 11) is 1.31. The molecule has 0 spiro atoms. The fourth-order valence-corrected chi connectivity index (χ4v) is 5.70. The topological polar surface area (TPSA) is 123 Å². The van der Waals surface area contributed by atoms with E-state index >= 15 is 0 Å². The van der Waals surface area contributed by atoms with Crippen LogP contribution in [0.1, 0.15) is 64.2 Å². The molecular weight excluding hydrogens is 528 g/mol. The van der Waals surface area contributed by atoms with Crippen molar-refractivity contribution in [2.45, 2.75) is 71.1 Å². The molecule has 1 N–H and O–H groups in total. The van der Waals surface area contributed by atoms with Gasteiger partial charge in [0.25, 0.3) is 0 Å². The van der Waals surface area contributed by atoms with Gasteiger partial charge in [-0.2, -0.15) is 5.26 Å². The highest BCUT2D eigenvalue weighted by molar-refractivity contribution is 7.17. The second kappa shape index (κ2) is 11.7. The predicted molar refractivity (Wildman–Crippen MR) is 152 cm³/mol. The molecule has 0 saturated carbocycles. The summed E-state index contributed by atoms with van der Waals surface area (Å²) in [4.78, 5) is 25.8. The van der Waals surface area contributed by atoms with Gasteiger partial charge in [0.2, 0.25) is 0 Å². The lowest BCUT2D eigenvalue weighted by Gasteiger charge is -2.39. The number of esters is 2. The zero-order valence-corrected chi connectivity index (χ0v) is 24.5. The lowest BCUT2D eigenvalue weighted by molar-refractivity contribution is -0.165. The summed E-state index contributed by atoms with van der Waals surface area (Å²) in [6.07, 6.45) is 1.85. The summed E-state index contributed by atoms with van der Waals surface area (Å²) in [5.74, 6) is -0.379. The number of carbonyl (C=O) groups is 2. The molecule has 1 heterocycles. The predicted octanol–water partition coefficient (Wildman–Crippen LogP) is 5.17. The summed E-state index contributed by atoms with van der Waals surface area (Å²) in [6, 6.07) is 13.4. The minimum absolute atomic E-state index is 0.0507. The van der Waals surface area contributed by atoms with Gasteiger partial charge >= 0.3 is 11.9 Å². The van der Waals surface area contributed by atoms with E-state index in [-0.39, 0.29) is 12.6 Å². The Morgan fingerprint density at radius 3 is 2.60 bits per heavy atom. The Bertz CT molecular complexity index is 1450. The molecule has 1 aliphatic carbocycles. The van der Waals surface area contributed by atoms with Gasteiger partial charge in [0.05, 0.1) is 25.3 Å². The lowest BCUT2D eigenvalue weighted by Crippen LogP contribution is -2.55. The van der Waals surface area contributed by atoms with Crippen LogP contribution in [0.3, 0.4) is 0 Å². The highest BCUT2D eigenvalue weighted by atomic mass is 32.1. The van der Waals surface area contributed by atoms with Crippen LogP contribution < -0.4 is 10.1 Å². The Kier molecular flexibility index (Phi) is 8.57. The van der Waals surface area contributed by atoms with Gasteiger partial charge in [-0.25, -0.2) is 4.79 Å². The number of hydrogen-bond donors (Lipinski definition) is 1. The average Bonchev–Trinajstić information content (AvgIpc) is 3.40. The van der Waals surface area contributed by atoms with Crippen molar-refractivity contribution in [3.05, 3.63) is 53.1 Å². The lowest BCUT2D eigenvalue weighted by atomic mass is 9.74. The molecule has 10 heteroatoms. The Morgan fingerprint density at radius 1 is 1.18 bits per heavy atom. The molecule has 0 saturated heterocycles. The number of nitrogens with zero attached hydrogens (tertiary/aromatic N) is 3. The molecule has 1 atom stereocenters. The number of hydrogen-bond acceptors (Lipinski definition) is 10. The molecule has 1 aromatic heterocycles. The maximum absolute atomic E-state index is 13.7. The number of methoxy groups -OCH3 is 1. The van der Waals surface area contributed by atoms with Gasteiger partial charge < -0.3 is 14.2 Å². The van der Waals surface area contributed by atoms with E-state index in [0.717, 1.165) is 28.7 Å². The van der Waals surface area contributed by atoms with Gasteiger partial charge in [-0.1, -0.05) is 29.5 Å². The van der Waals surface area contributed by atoms with Crippen LogP contribution in [0.4, 0.5) is 0 Å². The van der Waals surface area contributed by atoms with E-state index < -0.39 is 23.1 Å². The van der Waals surface area contributed by atoms with E-state index in [0.29, 0.717) is 34.2 Å². The summed E-state index contributed by atoms with van der Waals surface area (Å²) >= 11 is 1.41. The number of aromatic nitrogens is 2. The standard InChI is InChI=1S/C30H34N4O5S/c1-18(2)38-24-13-12-19(15-20(24)16-31)26-33-34-27(40-26)22-9-7-11-23-21(22)10-8-14-30(23,32-17-25(35)37-6)28(36)39-29(3,4)5/h7,9,11-13,15,18,32H,8,10,14,17H2,1-6H3/t30-/m1/s1. The van der Waals surface area contributed by atoms with E-state index in [4.69, 9.17) is 14.2 Å². The molecule has 2 aromatic carbocycles. The Morgan fingerprint density at radius 2 is 1.93 bits per heavy atom. The van der Waals surface area contributed by atoms with Crippen LogP contribution in [0.5, 0.6) is 5.75 Å². The summed E-state index contributed by atoms with van der Waals surface area (Å²) in [5, 5.41) is 23.1. The van der Waals surface area contributed by atoms with Gasteiger partial charge in [0.15, 0.2) is 0 Å². The molecule has 0 radical (unpaired) electrons. The van der Waals surface area contributed by atoms with E-state index in [2.05, 4.69) is 21.6 Å². The number of carbonyl (C=O) groups excluding carboxylic acids is 2. The van der Waals surface area contributed by atoms with Crippen molar-refractivity contribution in [3.8, 4) is 33.0 Å². The number of benzene rings is 2. The molecule has 210 valence electrons. The first-order valence-electron chi connectivity index (χ1n) is 13.2. The highest BCUT2D eigenvalue weighted by Gasteiger charge is 2.47. The van der Waals surface area contributed by atoms with Crippen LogP contribution in [0, 0.1) is 11.3 Å². The van der Waals surface area contributed by atoms with Crippen molar-refractivity contribution in [3.63, 3.8) is 0 Å². The molecular formula is C30H34N4O5S. The molecule has 0 fully saturated rings. The summed E-state index contributed by atoms with van der Waals surface area (Å²) < 4.78 is 16.4. The van der Waals surface area contributed by atoms with E-state index in [1.807, 2.05) is 58.9 Å². The Labute approximate surface area is 238 Å². The van der Waals surface area contributed by atoms with Crippen molar-refractivity contribution >= 4 is 23.3 Å². The third kappa shape index (κ3) is 6.16. The summed E-state index contributed by atoms with van der Waals surface area (Å²) in [6.45, 7) is 9.15. The quantitative estimate of drug-likeness (QED) is 0.371. The van der Waals surface area contributed by atoms with Crippen LogP contribution in [-0.4, -0.2) is 47.5 Å². The number of ether oxygens (including phenoxy) is 3. The van der Waals surface area contributed by atoms with E-state index in [1.165, 1.54) is 18.4 Å². The van der Waals surface area contributed by atoms with Crippen LogP contribution in [-0.2, 0) is 31.0 Å². The van der Waals surface area contributed by atoms with Crippen LogP contribution >= 0.6 is 11.3 Å². The van der Waals surface area contributed by atoms with Crippen LogP contribution in [0.2, 0.25) is 0 Å². The molecule has 0 amide bonds. The first-order valence-corrected chi connectivity index (χ1v) is 14.0. The fourth-order valence-electron chi connectivity index (χ4n) is 4.81. The molecule has 3 aromatic rings. The first-order chi connectivity index (χ1) is 19.0. The monoisotopic (exact) mass is 562 g/mol.